The summed E-state index contributed by atoms with van der Waals surface area (Å²) in [6.07, 6.45) is 2.63. The number of unbranched alkanes of at least 4 members (excludes halogenated alkanes) is 1. The SMILES string of the molecule is CCCC[Si](C)(C)O[Si](O[Si](O[Si](O[Si](C)(C)O[Si](C)(C)O[Si](C)(C)O[Si](C)(C)O[Si](C)(C)O[Si](C)(C)CCCN1C(=O)c2ccc(C(C)(C)c3ccc4c(c3)C(=O)N(C)C4=O)cc2C1=O)(c1ccccc1)c1ccccc1)(c1ccccc1)c1ccccc1)(c1ccccc1)c1ccccc1. The van der Waals surface area contributed by atoms with Crippen molar-refractivity contribution in [3.63, 3.8) is 0 Å². The maximum absolute atomic E-state index is 14.1. The summed E-state index contributed by atoms with van der Waals surface area (Å²) in [6, 6.07) is 75.3. The lowest BCUT2D eigenvalue weighted by molar-refractivity contribution is 0.0648. The molecule has 0 radical (unpaired) electrons. The number of nitrogens with zero attached hydrogens (tertiary/aromatic N) is 2. The molecule has 0 aliphatic carbocycles. The fourth-order valence-electron chi connectivity index (χ4n) is 14.7. The van der Waals surface area contributed by atoms with E-state index < -0.39 is 90.5 Å². The molecule has 0 atom stereocenters. The van der Waals surface area contributed by atoms with Crippen molar-refractivity contribution in [1.29, 1.82) is 0 Å². The van der Waals surface area contributed by atoms with Gasteiger partial charge in [-0.25, -0.2) is 0 Å². The number of fused-ring (bicyclic) bond motifs is 2. The van der Waals surface area contributed by atoms with E-state index in [1.807, 2.05) is 50.2 Å². The average Bonchev–Trinajstić information content (AvgIpc) is 0.926. The Morgan fingerprint density at radius 3 is 0.951 bits per heavy atom. The van der Waals surface area contributed by atoms with Crippen LogP contribution in [-0.4, -0.2) is 132 Å². The number of carbonyl (C=O) groups excluding carboxylic acids is 4. The summed E-state index contributed by atoms with van der Waals surface area (Å²) in [5.41, 5.74) is 2.41. The fraction of sp³-hybridized carbons (Fsp3) is 0.325. The molecule has 15 nitrogen and oxygen atoms in total. The Morgan fingerprint density at radius 1 is 0.314 bits per heavy atom. The van der Waals surface area contributed by atoms with Gasteiger partial charge in [-0.1, -0.05) is 228 Å². The summed E-state index contributed by atoms with van der Waals surface area (Å²) < 4.78 is 70.0. The van der Waals surface area contributed by atoms with Crippen molar-refractivity contribution in [3.8, 4) is 0 Å². The Morgan fingerprint density at radius 2 is 0.588 bits per heavy atom. The first-order valence-electron chi connectivity index (χ1n) is 35.5. The molecule has 2 aliphatic heterocycles. The third kappa shape index (κ3) is 17.7. The van der Waals surface area contributed by atoms with Crippen LogP contribution in [0.4, 0.5) is 0 Å². The topological polar surface area (TPSA) is 158 Å². The number of hydrogen-bond donors (Lipinski definition) is 0. The molecule has 10 rings (SSSR count). The van der Waals surface area contributed by atoms with Crippen LogP contribution >= 0.6 is 0 Å². The largest absolute Gasteiger partial charge is 0.436 e. The molecule has 8 aromatic rings. The van der Waals surface area contributed by atoms with Crippen LogP contribution in [0.2, 0.25) is 104 Å². The van der Waals surface area contributed by atoms with Gasteiger partial charge in [-0.05, 0) is 177 Å². The summed E-state index contributed by atoms with van der Waals surface area (Å²) in [6.45, 7) is 36.2. The highest BCUT2D eigenvalue weighted by Crippen LogP contribution is 2.39. The van der Waals surface area contributed by atoms with Gasteiger partial charge in [-0.3, -0.25) is 29.0 Å². The number of hydrogen-bond acceptors (Lipinski definition) is 13. The molecule has 0 fully saturated rings. The summed E-state index contributed by atoms with van der Waals surface area (Å²) >= 11 is 0. The molecule has 0 spiro atoms. The highest BCUT2D eigenvalue weighted by atomic mass is 28.5. The monoisotopic (exact) mass is 1540 g/mol. The molecule has 0 saturated carbocycles. The van der Waals surface area contributed by atoms with Gasteiger partial charge < -0.3 is 37.0 Å². The van der Waals surface area contributed by atoms with Crippen LogP contribution < -0.4 is 31.1 Å². The molecule has 0 bridgehead atoms. The molecule has 2 heterocycles. The van der Waals surface area contributed by atoms with Crippen molar-refractivity contribution in [2.45, 2.75) is 149 Å². The standard InChI is InChI=1S/C77H102N2O13Si10/c1-19-20-57-94(7,8)85-100(63-40-27-21-28-41-63,64-42-29-22-30-43-64)91-102(67-48-35-25-36-49-67,68-50-37-26-38-51-68)92-101(65-44-31-23-32-45-65,66-46-33-24-34-47-66)90-99(17,18)89-98(15,16)88-97(13,14)87-96(11,12)86-95(9,10)84-93(5,6)58-39-56-79-75(82)70-55-53-62(60-72(70)76(79)83)77(2,3)61-52-54-69-71(59-61)74(81)78(4)73(69)80/h21-38,40-55,59-60H,19-20,39,56-58H2,1-18H3. The Balaban J connectivity index is 0.885. The van der Waals surface area contributed by atoms with Gasteiger partial charge in [0.2, 0.25) is 0 Å². The Bertz CT molecular complexity index is 4150. The van der Waals surface area contributed by atoms with Gasteiger partial charge in [-0.15, -0.1) is 0 Å². The first kappa shape index (κ1) is 78.4. The Hall–Kier alpha value is -6.15. The maximum atomic E-state index is 14.1. The predicted molar refractivity (Wildman–Crippen MR) is 432 cm³/mol. The van der Waals surface area contributed by atoms with Crippen molar-refractivity contribution in [2.75, 3.05) is 13.6 Å². The minimum atomic E-state index is -4.21. The van der Waals surface area contributed by atoms with Gasteiger partial charge in [0.25, 0.3) is 23.6 Å². The average molecular weight is 1540 g/mol. The fourth-order valence-corrected chi connectivity index (χ4v) is 65.9. The number of imide groups is 2. The molecule has 0 unspecified atom stereocenters. The third-order valence-electron chi connectivity index (χ3n) is 18.6. The van der Waals surface area contributed by atoms with Gasteiger partial charge in [0.1, 0.15) is 0 Å². The van der Waals surface area contributed by atoms with Crippen molar-refractivity contribution in [3.05, 3.63) is 252 Å². The third-order valence-corrected chi connectivity index (χ3v) is 59.3. The maximum Gasteiger partial charge on any atom is 0.390 e. The van der Waals surface area contributed by atoms with E-state index in [1.165, 1.54) is 11.9 Å². The molecule has 0 N–H and O–H groups in total. The predicted octanol–water partition coefficient (Wildman–Crippen LogP) is 13.9. The summed E-state index contributed by atoms with van der Waals surface area (Å²) in [5, 5.41) is 5.57. The van der Waals surface area contributed by atoms with E-state index in [1.54, 1.807) is 24.3 Å². The zero-order valence-electron chi connectivity index (χ0n) is 62.7. The van der Waals surface area contributed by atoms with Crippen LogP contribution in [0.15, 0.2) is 218 Å². The van der Waals surface area contributed by atoms with Crippen LogP contribution in [0.25, 0.3) is 0 Å². The zero-order chi connectivity index (χ0) is 74.0. The number of carbonyl (C=O) groups is 4. The second-order valence-corrected chi connectivity index (χ2v) is 67.3. The highest BCUT2D eigenvalue weighted by Gasteiger charge is 2.63. The van der Waals surface area contributed by atoms with Crippen molar-refractivity contribution in [1.82, 2.24) is 9.80 Å². The minimum Gasteiger partial charge on any atom is -0.436 e. The number of benzene rings is 8. The van der Waals surface area contributed by atoms with Gasteiger partial charge >= 0.3 is 68.5 Å². The summed E-state index contributed by atoms with van der Waals surface area (Å²) in [7, 11) is -31.5. The number of amides is 4. The van der Waals surface area contributed by atoms with Crippen LogP contribution in [0, 0.1) is 0 Å². The van der Waals surface area contributed by atoms with E-state index in [0.717, 1.165) is 66.0 Å². The van der Waals surface area contributed by atoms with Crippen LogP contribution in [0.1, 0.15) is 92.6 Å². The van der Waals surface area contributed by atoms with Crippen molar-refractivity contribution in [2.24, 2.45) is 0 Å². The van der Waals surface area contributed by atoms with E-state index in [4.69, 9.17) is 37.0 Å². The zero-order valence-corrected chi connectivity index (χ0v) is 72.7. The second kappa shape index (κ2) is 30.7. The van der Waals surface area contributed by atoms with E-state index in [2.05, 4.69) is 256 Å². The first-order chi connectivity index (χ1) is 47.9. The Kier molecular flexibility index (Phi) is 23.6. The van der Waals surface area contributed by atoms with Crippen LogP contribution in [-0.2, 0) is 42.5 Å². The number of rotatable bonds is 33. The molecule has 8 aromatic carbocycles. The van der Waals surface area contributed by atoms with E-state index in [0.29, 0.717) is 34.7 Å². The molecular formula is C77H102N2O13Si10. The normalized spacial score (nSPS) is 14.6. The Labute approximate surface area is 616 Å². The van der Waals surface area contributed by atoms with Gasteiger partial charge in [-0.2, -0.15) is 0 Å². The van der Waals surface area contributed by atoms with E-state index in [-0.39, 0.29) is 30.2 Å². The second-order valence-electron chi connectivity index (χ2n) is 30.8. The first-order valence-corrected chi connectivity index (χ1v) is 61.3. The van der Waals surface area contributed by atoms with Gasteiger partial charge in [0.05, 0.1) is 22.3 Å². The quantitative estimate of drug-likeness (QED) is 0.0283. The molecule has 538 valence electrons. The minimum absolute atomic E-state index is 0.238. The molecule has 4 amide bonds. The summed E-state index contributed by atoms with van der Waals surface area (Å²) in [5.74, 6) is -1.33. The van der Waals surface area contributed by atoms with E-state index >= 15 is 0 Å². The van der Waals surface area contributed by atoms with E-state index in [9.17, 15) is 19.2 Å². The molecule has 25 heteroatoms. The van der Waals surface area contributed by atoms with Gasteiger partial charge in [0, 0.05) is 19.0 Å². The van der Waals surface area contributed by atoms with Crippen LogP contribution in [0.5, 0.6) is 0 Å². The smallest absolute Gasteiger partial charge is 0.390 e. The van der Waals surface area contributed by atoms with Crippen molar-refractivity contribution < 1.29 is 56.2 Å². The molecule has 2 aliphatic rings. The van der Waals surface area contributed by atoms with Crippen molar-refractivity contribution >= 4 is 140 Å². The molecular weight excluding hydrogens is 1440 g/mol. The highest BCUT2D eigenvalue weighted by molar-refractivity contribution is 7.11. The molecule has 0 saturated heterocycles. The van der Waals surface area contributed by atoms with Crippen LogP contribution in [0.3, 0.4) is 0 Å². The summed E-state index contributed by atoms with van der Waals surface area (Å²) in [4.78, 5) is 56.1. The lowest BCUT2D eigenvalue weighted by atomic mass is 9.76. The molecule has 0 aromatic heterocycles. The van der Waals surface area contributed by atoms with Gasteiger partial charge in [0.15, 0.2) is 16.6 Å². The molecule has 102 heavy (non-hydrogen) atoms. The lowest BCUT2D eigenvalue weighted by Crippen LogP contribution is -2.82. The lowest BCUT2D eigenvalue weighted by Gasteiger charge is -2.49.